The van der Waals surface area contributed by atoms with Crippen LogP contribution in [0.5, 0.6) is 0 Å². The molecule has 2 aromatic heterocycles. The summed E-state index contributed by atoms with van der Waals surface area (Å²) in [5.41, 5.74) is 2.54. The molecule has 1 aromatic carbocycles. The highest BCUT2D eigenvalue weighted by atomic mass is 32.2. The second kappa shape index (κ2) is 7.15. The van der Waals surface area contributed by atoms with Crippen molar-refractivity contribution in [3.8, 4) is 0 Å². The zero-order valence-electron chi connectivity index (χ0n) is 15.7. The Morgan fingerprint density at radius 3 is 2.66 bits per heavy atom. The Hall–Kier alpha value is -2.37. The molecule has 2 aliphatic rings. The van der Waals surface area contributed by atoms with Gasteiger partial charge in [0.05, 0.1) is 11.7 Å². The SMILES string of the molecule is O=C(c1cc2n(n1)CCCC2)N1CCN(S(=O)(=O)c2cccc3nsnc23)CC1. The number of hydrogen-bond donors (Lipinski definition) is 0. The van der Waals surface area contributed by atoms with Crippen LogP contribution in [0.3, 0.4) is 0 Å². The van der Waals surface area contributed by atoms with E-state index in [9.17, 15) is 13.2 Å². The molecule has 3 aromatic rings. The van der Waals surface area contributed by atoms with Crippen molar-refractivity contribution in [2.75, 3.05) is 26.2 Å². The molecule has 0 spiro atoms. The highest BCUT2D eigenvalue weighted by molar-refractivity contribution is 7.89. The number of benzene rings is 1. The molecule has 0 aliphatic carbocycles. The summed E-state index contributed by atoms with van der Waals surface area (Å²) in [5, 5.41) is 4.45. The van der Waals surface area contributed by atoms with Crippen LogP contribution >= 0.6 is 11.7 Å². The first-order valence-corrected chi connectivity index (χ1v) is 11.8. The molecule has 0 bridgehead atoms. The van der Waals surface area contributed by atoms with Crippen molar-refractivity contribution in [3.63, 3.8) is 0 Å². The molecule has 152 valence electrons. The summed E-state index contributed by atoms with van der Waals surface area (Å²) in [5.74, 6) is -0.130. The van der Waals surface area contributed by atoms with E-state index in [2.05, 4.69) is 13.8 Å². The van der Waals surface area contributed by atoms with E-state index in [0.717, 1.165) is 43.2 Å². The van der Waals surface area contributed by atoms with Crippen LogP contribution in [-0.4, -0.2) is 68.2 Å². The number of amides is 1. The lowest BCUT2D eigenvalue weighted by Crippen LogP contribution is -2.50. The number of sulfonamides is 1. The van der Waals surface area contributed by atoms with Crippen molar-refractivity contribution in [2.24, 2.45) is 0 Å². The number of carbonyl (C=O) groups excluding carboxylic acids is 1. The Bertz CT molecular complexity index is 1150. The Labute approximate surface area is 172 Å². The molecule has 29 heavy (non-hydrogen) atoms. The van der Waals surface area contributed by atoms with E-state index in [1.54, 1.807) is 23.1 Å². The number of piperazine rings is 1. The molecule has 1 saturated heterocycles. The number of aryl methyl sites for hydroxylation is 2. The van der Waals surface area contributed by atoms with Crippen LogP contribution in [-0.2, 0) is 23.0 Å². The summed E-state index contributed by atoms with van der Waals surface area (Å²) >= 11 is 0.998. The van der Waals surface area contributed by atoms with Gasteiger partial charge in [0.15, 0.2) is 5.69 Å². The van der Waals surface area contributed by atoms with Gasteiger partial charge in [-0.3, -0.25) is 9.48 Å². The second-order valence-corrected chi connectivity index (χ2v) is 9.72. The first-order valence-electron chi connectivity index (χ1n) is 9.61. The molecule has 4 heterocycles. The summed E-state index contributed by atoms with van der Waals surface area (Å²) in [4.78, 5) is 14.7. The van der Waals surface area contributed by atoms with E-state index >= 15 is 0 Å². The van der Waals surface area contributed by atoms with Crippen LogP contribution in [0.2, 0.25) is 0 Å². The molecule has 0 saturated carbocycles. The first kappa shape index (κ1) is 18.6. The number of hydrogen-bond acceptors (Lipinski definition) is 7. The van der Waals surface area contributed by atoms with Crippen molar-refractivity contribution >= 4 is 38.7 Å². The van der Waals surface area contributed by atoms with Crippen molar-refractivity contribution < 1.29 is 13.2 Å². The molecule has 0 radical (unpaired) electrons. The van der Waals surface area contributed by atoms with Gasteiger partial charge in [-0.25, -0.2) is 8.42 Å². The van der Waals surface area contributed by atoms with E-state index in [4.69, 9.17) is 0 Å². The van der Waals surface area contributed by atoms with Gasteiger partial charge >= 0.3 is 0 Å². The molecule has 1 amide bonds. The van der Waals surface area contributed by atoms with E-state index in [1.807, 2.05) is 10.7 Å². The smallest absolute Gasteiger partial charge is 0.274 e. The maximum absolute atomic E-state index is 13.1. The number of fused-ring (bicyclic) bond motifs is 2. The molecule has 1 fully saturated rings. The minimum atomic E-state index is -3.69. The maximum Gasteiger partial charge on any atom is 0.274 e. The van der Waals surface area contributed by atoms with Crippen molar-refractivity contribution in [1.29, 1.82) is 0 Å². The quantitative estimate of drug-likeness (QED) is 0.620. The summed E-state index contributed by atoms with van der Waals surface area (Å²) in [6.07, 6.45) is 3.15. The maximum atomic E-state index is 13.1. The second-order valence-electron chi connectivity index (χ2n) is 7.29. The van der Waals surface area contributed by atoms with E-state index in [1.165, 1.54) is 4.31 Å². The highest BCUT2D eigenvalue weighted by Crippen LogP contribution is 2.25. The Balaban J connectivity index is 1.31. The van der Waals surface area contributed by atoms with Gasteiger partial charge in [-0.15, -0.1) is 0 Å². The summed E-state index contributed by atoms with van der Waals surface area (Å²) in [6, 6.07) is 6.86. The van der Waals surface area contributed by atoms with Crippen LogP contribution in [0.1, 0.15) is 29.0 Å². The van der Waals surface area contributed by atoms with Crippen LogP contribution in [0.15, 0.2) is 29.2 Å². The van der Waals surface area contributed by atoms with Gasteiger partial charge in [-0.2, -0.15) is 18.2 Å². The number of nitrogens with zero attached hydrogens (tertiary/aromatic N) is 6. The van der Waals surface area contributed by atoms with Gasteiger partial charge in [0.1, 0.15) is 15.9 Å². The normalized spacial score (nSPS) is 18.1. The molecular weight excluding hydrogens is 412 g/mol. The summed E-state index contributed by atoms with van der Waals surface area (Å²) in [6.45, 7) is 2.02. The lowest BCUT2D eigenvalue weighted by Gasteiger charge is -2.33. The number of carbonyl (C=O) groups is 1. The third-order valence-electron chi connectivity index (χ3n) is 5.53. The lowest BCUT2D eigenvalue weighted by molar-refractivity contribution is 0.0691. The minimum absolute atomic E-state index is 0.130. The van der Waals surface area contributed by atoms with Crippen LogP contribution in [0.4, 0.5) is 0 Å². The van der Waals surface area contributed by atoms with Gasteiger partial charge < -0.3 is 4.90 Å². The third kappa shape index (κ3) is 3.22. The standard InChI is InChI=1S/C18H20N6O3S2/c25-18(15-12-13-4-1-2-7-24(13)19-15)22-8-10-23(11-9-22)29(26,27)16-6-3-5-14-17(16)21-28-20-14/h3,5-6,12H,1-2,4,7-11H2. The average Bonchev–Trinajstić information content (AvgIpc) is 3.39. The fraction of sp³-hybridized carbons (Fsp3) is 0.444. The fourth-order valence-corrected chi connectivity index (χ4v) is 6.12. The van der Waals surface area contributed by atoms with Gasteiger partial charge in [-0.1, -0.05) is 6.07 Å². The topological polar surface area (TPSA) is 101 Å². The van der Waals surface area contributed by atoms with Gasteiger partial charge in [0.25, 0.3) is 5.91 Å². The minimum Gasteiger partial charge on any atom is -0.335 e. The monoisotopic (exact) mass is 432 g/mol. The van der Waals surface area contributed by atoms with Crippen LogP contribution in [0, 0.1) is 0 Å². The first-order chi connectivity index (χ1) is 14.0. The Morgan fingerprint density at radius 1 is 1.03 bits per heavy atom. The zero-order valence-corrected chi connectivity index (χ0v) is 17.3. The molecule has 11 heteroatoms. The van der Waals surface area contributed by atoms with Crippen molar-refractivity contribution in [3.05, 3.63) is 35.7 Å². The lowest BCUT2D eigenvalue weighted by atomic mass is 10.1. The third-order valence-corrected chi connectivity index (χ3v) is 8.00. The molecule has 5 rings (SSSR count). The average molecular weight is 433 g/mol. The largest absolute Gasteiger partial charge is 0.335 e. The Kier molecular flexibility index (Phi) is 4.60. The van der Waals surface area contributed by atoms with Gasteiger partial charge in [0.2, 0.25) is 10.0 Å². The highest BCUT2D eigenvalue weighted by Gasteiger charge is 2.33. The number of aromatic nitrogens is 4. The van der Waals surface area contributed by atoms with Crippen LogP contribution in [0.25, 0.3) is 11.0 Å². The number of rotatable bonds is 3. The Morgan fingerprint density at radius 2 is 1.86 bits per heavy atom. The molecule has 9 nitrogen and oxygen atoms in total. The molecule has 0 N–H and O–H groups in total. The van der Waals surface area contributed by atoms with Crippen molar-refractivity contribution in [2.45, 2.75) is 30.7 Å². The van der Waals surface area contributed by atoms with Crippen LogP contribution < -0.4 is 0 Å². The van der Waals surface area contributed by atoms with E-state index in [0.29, 0.717) is 29.8 Å². The van der Waals surface area contributed by atoms with E-state index < -0.39 is 10.0 Å². The molecule has 0 atom stereocenters. The fourth-order valence-electron chi connectivity index (χ4n) is 3.94. The summed E-state index contributed by atoms with van der Waals surface area (Å²) in [7, 11) is -3.69. The van der Waals surface area contributed by atoms with Gasteiger partial charge in [0, 0.05) is 38.4 Å². The summed E-state index contributed by atoms with van der Waals surface area (Å²) < 4.78 is 37.8. The predicted molar refractivity (Wildman–Crippen MR) is 107 cm³/mol. The molecule has 2 aliphatic heterocycles. The van der Waals surface area contributed by atoms with Gasteiger partial charge in [-0.05, 0) is 37.5 Å². The van der Waals surface area contributed by atoms with E-state index in [-0.39, 0.29) is 23.9 Å². The zero-order chi connectivity index (χ0) is 20.0. The van der Waals surface area contributed by atoms with Crippen molar-refractivity contribution in [1.82, 2.24) is 27.7 Å². The molecular formula is C18H20N6O3S2. The molecule has 0 unspecified atom stereocenters. The predicted octanol–water partition coefficient (Wildman–Crippen LogP) is 1.37.